The first-order valence-electron chi connectivity index (χ1n) is 6.35. The lowest BCUT2D eigenvalue weighted by Gasteiger charge is -2.09. The van der Waals surface area contributed by atoms with Crippen molar-refractivity contribution in [2.45, 2.75) is 11.8 Å². The number of hydrogen-bond acceptors (Lipinski definition) is 6. The van der Waals surface area contributed by atoms with Crippen LogP contribution < -0.4 is 9.50 Å². The molecule has 0 aliphatic rings. The van der Waals surface area contributed by atoms with Crippen LogP contribution in [0.5, 0.6) is 5.75 Å². The van der Waals surface area contributed by atoms with Gasteiger partial charge in [-0.1, -0.05) is 18.2 Å². The summed E-state index contributed by atoms with van der Waals surface area (Å²) in [5, 5.41) is 13.2. The maximum atomic E-state index is 12.2. The van der Waals surface area contributed by atoms with Crippen molar-refractivity contribution in [2.75, 3.05) is 5.32 Å². The average molecular weight is 336 g/mol. The lowest BCUT2D eigenvalue weighted by Crippen LogP contribution is -2.12. The average Bonchev–Trinajstić information content (AvgIpc) is 2.46. The van der Waals surface area contributed by atoms with Gasteiger partial charge in [-0.15, -0.1) is 0 Å². The van der Waals surface area contributed by atoms with Gasteiger partial charge < -0.3 is 9.50 Å². The molecule has 2 rings (SSSR count). The molecule has 0 aromatic heterocycles. The second kappa shape index (κ2) is 6.44. The highest BCUT2D eigenvalue weighted by Gasteiger charge is 2.22. The summed E-state index contributed by atoms with van der Waals surface area (Å²) < 4.78 is 29.4. The van der Waals surface area contributed by atoms with Gasteiger partial charge in [0, 0.05) is 13.0 Å². The molecule has 0 unspecified atom stereocenters. The van der Waals surface area contributed by atoms with Crippen LogP contribution >= 0.6 is 0 Å². The van der Waals surface area contributed by atoms with E-state index in [1.54, 1.807) is 18.2 Å². The Kier molecular flexibility index (Phi) is 4.60. The molecule has 0 aliphatic carbocycles. The van der Waals surface area contributed by atoms with Crippen LogP contribution in [0.1, 0.15) is 6.92 Å². The third-order valence-corrected chi connectivity index (χ3v) is 3.96. The van der Waals surface area contributed by atoms with E-state index in [2.05, 4.69) is 5.32 Å². The van der Waals surface area contributed by atoms with E-state index in [1.807, 2.05) is 0 Å². The number of nitrogens with zero attached hydrogens (tertiary/aromatic N) is 1. The van der Waals surface area contributed by atoms with Crippen LogP contribution in [-0.2, 0) is 14.9 Å². The minimum Gasteiger partial charge on any atom is -0.379 e. The molecule has 0 bridgehead atoms. The quantitative estimate of drug-likeness (QED) is 0.509. The first kappa shape index (κ1) is 16.4. The number of benzene rings is 2. The third-order valence-electron chi connectivity index (χ3n) is 2.71. The van der Waals surface area contributed by atoms with Gasteiger partial charge in [0.15, 0.2) is 0 Å². The SMILES string of the molecule is CC(=O)Nc1cc(S(=O)(=O)Oc2ccccc2)ccc1[N+](=O)[O-]. The number of amides is 1. The number of nitro benzene ring substituents is 1. The minimum atomic E-state index is -4.19. The van der Waals surface area contributed by atoms with E-state index >= 15 is 0 Å². The molecule has 2 aromatic rings. The van der Waals surface area contributed by atoms with E-state index in [0.717, 1.165) is 25.1 Å². The van der Waals surface area contributed by atoms with Gasteiger partial charge in [-0.2, -0.15) is 8.42 Å². The maximum absolute atomic E-state index is 12.2. The highest BCUT2D eigenvalue weighted by atomic mass is 32.2. The van der Waals surface area contributed by atoms with Crippen LogP contribution in [0.4, 0.5) is 11.4 Å². The molecule has 8 nitrogen and oxygen atoms in total. The number of hydrogen-bond donors (Lipinski definition) is 1. The van der Waals surface area contributed by atoms with E-state index < -0.39 is 26.6 Å². The third kappa shape index (κ3) is 4.04. The summed E-state index contributed by atoms with van der Waals surface area (Å²) in [6.45, 7) is 1.16. The Morgan fingerprint density at radius 3 is 2.39 bits per heavy atom. The zero-order chi connectivity index (χ0) is 17.0. The topological polar surface area (TPSA) is 116 Å². The molecule has 0 saturated heterocycles. The van der Waals surface area contributed by atoms with Gasteiger partial charge in [-0.3, -0.25) is 14.9 Å². The Hall–Kier alpha value is -2.94. The van der Waals surface area contributed by atoms with Crippen LogP contribution in [0.15, 0.2) is 53.4 Å². The molecule has 1 N–H and O–H groups in total. The standard InChI is InChI=1S/C14H12N2O6S/c1-10(17)15-13-9-12(7-8-14(13)16(18)19)23(20,21)22-11-5-3-2-4-6-11/h2-9H,1H3,(H,15,17). The minimum absolute atomic E-state index is 0.104. The van der Waals surface area contributed by atoms with Crippen molar-refractivity contribution in [1.29, 1.82) is 0 Å². The fourth-order valence-corrected chi connectivity index (χ4v) is 2.73. The van der Waals surface area contributed by atoms with Crippen LogP contribution in [0.25, 0.3) is 0 Å². The fraction of sp³-hybridized carbons (Fsp3) is 0.0714. The first-order chi connectivity index (χ1) is 10.8. The van der Waals surface area contributed by atoms with E-state index in [1.165, 1.54) is 12.1 Å². The van der Waals surface area contributed by atoms with Gasteiger partial charge in [-0.05, 0) is 24.3 Å². The largest absolute Gasteiger partial charge is 0.379 e. The molecule has 120 valence electrons. The van der Waals surface area contributed by atoms with E-state index in [0.29, 0.717) is 0 Å². The number of carbonyl (C=O) groups is 1. The molecule has 23 heavy (non-hydrogen) atoms. The molecule has 2 aromatic carbocycles. The summed E-state index contributed by atoms with van der Waals surface area (Å²) in [5.41, 5.74) is -0.640. The van der Waals surface area contributed by atoms with E-state index in [4.69, 9.17) is 4.18 Å². The van der Waals surface area contributed by atoms with Gasteiger partial charge in [0.05, 0.1) is 4.92 Å². The van der Waals surface area contributed by atoms with Gasteiger partial charge >= 0.3 is 10.1 Å². The molecule has 9 heteroatoms. The van der Waals surface area contributed by atoms with Crippen LogP contribution in [0, 0.1) is 10.1 Å². The lowest BCUT2D eigenvalue weighted by molar-refractivity contribution is -0.384. The Balaban J connectivity index is 2.42. The monoisotopic (exact) mass is 336 g/mol. The summed E-state index contributed by atoms with van der Waals surface area (Å²) in [4.78, 5) is 21.0. The highest BCUT2D eigenvalue weighted by Crippen LogP contribution is 2.28. The van der Waals surface area contributed by atoms with Crippen molar-refractivity contribution in [2.24, 2.45) is 0 Å². The molecule has 1 amide bonds. The van der Waals surface area contributed by atoms with Crippen LogP contribution in [0.3, 0.4) is 0 Å². The van der Waals surface area contributed by atoms with Gasteiger partial charge in [-0.25, -0.2) is 0 Å². The van der Waals surface area contributed by atoms with E-state index in [-0.39, 0.29) is 16.3 Å². The molecule has 0 saturated carbocycles. The number of rotatable bonds is 5. The van der Waals surface area contributed by atoms with Crippen molar-refractivity contribution in [3.63, 3.8) is 0 Å². The molecule has 0 radical (unpaired) electrons. The van der Waals surface area contributed by atoms with Crippen molar-refractivity contribution in [3.05, 3.63) is 58.6 Å². The van der Waals surface area contributed by atoms with Gasteiger partial charge in [0.2, 0.25) is 5.91 Å². The number of nitro groups is 1. The van der Waals surface area contributed by atoms with Crippen LogP contribution in [0.2, 0.25) is 0 Å². The zero-order valence-electron chi connectivity index (χ0n) is 11.9. The van der Waals surface area contributed by atoms with Gasteiger partial charge in [0.25, 0.3) is 5.69 Å². The van der Waals surface area contributed by atoms with Crippen molar-refractivity contribution in [3.8, 4) is 5.75 Å². The van der Waals surface area contributed by atoms with Crippen LogP contribution in [-0.4, -0.2) is 19.2 Å². The predicted molar refractivity (Wildman–Crippen MR) is 81.7 cm³/mol. The number of para-hydroxylation sites is 1. The Bertz CT molecular complexity index is 849. The molecule has 0 fully saturated rings. The summed E-state index contributed by atoms with van der Waals surface area (Å²) in [6.07, 6.45) is 0. The maximum Gasteiger partial charge on any atom is 0.339 e. The van der Waals surface area contributed by atoms with Crippen molar-refractivity contribution >= 4 is 27.4 Å². The molecule has 0 spiro atoms. The highest BCUT2D eigenvalue weighted by molar-refractivity contribution is 7.87. The molecule has 0 atom stereocenters. The molecular formula is C14H12N2O6S. The number of carbonyl (C=O) groups excluding carboxylic acids is 1. The molecule has 0 heterocycles. The second-order valence-electron chi connectivity index (χ2n) is 4.47. The second-order valence-corrected chi connectivity index (χ2v) is 6.01. The lowest BCUT2D eigenvalue weighted by atomic mass is 10.2. The van der Waals surface area contributed by atoms with Crippen molar-refractivity contribution < 1.29 is 22.3 Å². The van der Waals surface area contributed by atoms with Crippen molar-refractivity contribution in [1.82, 2.24) is 0 Å². The molecule has 0 aliphatic heterocycles. The fourth-order valence-electron chi connectivity index (χ4n) is 1.77. The Morgan fingerprint density at radius 2 is 1.83 bits per heavy atom. The van der Waals surface area contributed by atoms with Gasteiger partial charge in [0.1, 0.15) is 16.3 Å². The Labute approximate surface area is 132 Å². The predicted octanol–water partition coefficient (Wildman–Crippen LogP) is 2.32. The number of nitrogens with one attached hydrogen (secondary N) is 1. The van der Waals surface area contributed by atoms with E-state index in [9.17, 15) is 23.3 Å². The summed E-state index contributed by atoms with van der Waals surface area (Å²) in [7, 11) is -4.19. The number of anilines is 1. The summed E-state index contributed by atoms with van der Waals surface area (Å²) in [5.74, 6) is -0.460. The zero-order valence-corrected chi connectivity index (χ0v) is 12.7. The summed E-state index contributed by atoms with van der Waals surface area (Å²) >= 11 is 0. The first-order valence-corrected chi connectivity index (χ1v) is 7.76. The summed E-state index contributed by atoms with van der Waals surface area (Å²) in [6, 6.07) is 10.8. The molecular weight excluding hydrogens is 324 g/mol. The normalized spacial score (nSPS) is 10.8. The Morgan fingerprint density at radius 1 is 1.17 bits per heavy atom. The smallest absolute Gasteiger partial charge is 0.339 e.